The van der Waals surface area contributed by atoms with Crippen LogP contribution in [-0.2, 0) is 13.8 Å². The number of aliphatic hydroxyl groups is 2. The van der Waals surface area contributed by atoms with Crippen molar-refractivity contribution >= 4 is 24.9 Å². The van der Waals surface area contributed by atoms with Gasteiger partial charge in [-0.25, -0.2) is 15.0 Å². The van der Waals surface area contributed by atoms with Crippen molar-refractivity contribution < 1.29 is 33.1 Å². The van der Waals surface area contributed by atoms with Crippen molar-refractivity contribution in [1.82, 2.24) is 19.5 Å². The second kappa shape index (κ2) is 5.74. The summed E-state index contributed by atoms with van der Waals surface area (Å²) in [6.45, 7) is -0.782. The van der Waals surface area contributed by atoms with Gasteiger partial charge in [0.2, 0.25) is 0 Å². The van der Waals surface area contributed by atoms with Gasteiger partial charge in [-0.3, -0.25) is 9.13 Å². The monoisotopic (exact) mass is 348 g/mol. The summed E-state index contributed by atoms with van der Waals surface area (Å²) in [5.74, 6) is 0.117. The highest BCUT2D eigenvalue weighted by molar-refractivity contribution is 7.45. The minimum absolute atomic E-state index is 0.117. The number of hydrogen-bond donors (Lipinski definition) is 3. The molecule has 0 bridgehead atoms. The predicted molar refractivity (Wildman–Crippen MR) is 70.3 cm³/mol. The smallest absolute Gasteiger partial charge is 0.307 e. The Kier molecular flexibility index (Phi) is 4.04. The summed E-state index contributed by atoms with van der Waals surface area (Å²) in [6, 6.07) is 0. The van der Waals surface area contributed by atoms with Crippen molar-refractivity contribution in [1.29, 1.82) is 0 Å². The largest absolute Gasteiger partial charge is 0.753 e. The van der Waals surface area contributed by atoms with Crippen LogP contribution in [0, 0.1) is 0 Å². The molecule has 2 aromatic rings. The van der Waals surface area contributed by atoms with Crippen LogP contribution in [0.4, 0.5) is 10.0 Å². The van der Waals surface area contributed by atoms with Gasteiger partial charge >= 0.3 is 7.91 Å². The molecule has 0 spiro atoms. The van der Waals surface area contributed by atoms with Crippen LogP contribution in [0.3, 0.4) is 0 Å². The maximum Gasteiger partial charge on any atom is 0.307 e. The zero-order valence-corrected chi connectivity index (χ0v) is 12.3. The average molecular weight is 348 g/mol. The fourth-order valence-corrected chi connectivity index (χ4v) is 2.64. The van der Waals surface area contributed by atoms with Crippen LogP contribution in [0.25, 0.3) is 11.2 Å². The van der Waals surface area contributed by atoms with Crippen molar-refractivity contribution in [3.8, 4) is 0 Å². The molecule has 1 saturated heterocycles. The van der Waals surface area contributed by atoms with Gasteiger partial charge in [-0.05, 0) is 0 Å². The van der Waals surface area contributed by atoms with E-state index in [1.807, 2.05) is 0 Å². The highest BCUT2D eigenvalue weighted by atomic mass is 31.2. The van der Waals surface area contributed by atoms with Crippen LogP contribution in [0.5, 0.6) is 0 Å². The molecule has 1 aliphatic heterocycles. The maximum absolute atomic E-state index is 12.4. The average Bonchev–Trinajstić information content (AvgIpc) is 3.01. The van der Waals surface area contributed by atoms with E-state index in [9.17, 15) is 23.9 Å². The van der Waals surface area contributed by atoms with Gasteiger partial charge in [0.15, 0.2) is 17.7 Å². The molecule has 0 aliphatic carbocycles. The number of nitrogens with two attached hydrogens (primary N) is 1. The third-order valence-electron chi connectivity index (χ3n) is 3.39. The van der Waals surface area contributed by atoms with Gasteiger partial charge in [-0.15, -0.1) is 0 Å². The Bertz CT molecular complexity index is 767. The molecule has 1 unspecified atom stereocenters. The first kappa shape index (κ1) is 16.2. The molecule has 3 heterocycles. The van der Waals surface area contributed by atoms with Crippen molar-refractivity contribution in [2.75, 3.05) is 12.3 Å². The Hall–Kier alpha value is -1.69. The molecule has 11 nitrogen and oxygen atoms in total. The summed E-state index contributed by atoms with van der Waals surface area (Å²) in [5.41, 5.74) is 6.16. The molecule has 13 heteroatoms. The zero-order valence-electron chi connectivity index (χ0n) is 11.4. The van der Waals surface area contributed by atoms with E-state index in [0.717, 1.165) is 0 Å². The molecule has 0 amide bonds. The Morgan fingerprint density at radius 2 is 2.17 bits per heavy atom. The minimum atomic E-state index is -5.47. The number of nitrogen functional groups attached to an aromatic ring is 1. The number of fused-ring (bicyclic) bond motifs is 1. The van der Waals surface area contributed by atoms with E-state index >= 15 is 0 Å². The van der Waals surface area contributed by atoms with E-state index in [0.29, 0.717) is 0 Å². The molecule has 23 heavy (non-hydrogen) atoms. The van der Waals surface area contributed by atoms with Crippen LogP contribution >= 0.6 is 7.91 Å². The number of rotatable bonds is 4. The molecule has 4 N–H and O–H groups in total. The molecule has 5 atom stereocenters. The van der Waals surface area contributed by atoms with Crippen molar-refractivity contribution in [3.63, 3.8) is 0 Å². The van der Waals surface area contributed by atoms with Crippen LogP contribution in [0.2, 0.25) is 0 Å². The number of imidazole rings is 1. The molecule has 3 rings (SSSR count). The van der Waals surface area contributed by atoms with Gasteiger partial charge in [0.05, 0.1) is 12.9 Å². The molecular formula is C10H12FN5O6P-. The van der Waals surface area contributed by atoms with Crippen molar-refractivity contribution in [2.45, 2.75) is 24.5 Å². The lowest BCUT2D eigenvalue weighted by atomic mass is 10.1. The summed E-state index contributed by atoms with van der Waals surface area (Å²) in [6.07, 6.45) is -2.88. The molecular weight excluding hydrogens is 336 g/mol. The first-order valence-corrected chi connectivity index (χ1v) is 7.81. The lowest BCUT2D eigenvalue weighted by Gasteiger charge is -2.18. The van der Waals surface area contributed by atoms with Gasteiger partial charge in [0.25, 0.3) is 0 Å². The number of ether oxygens (including phenoxy) is 1. The Balaban J connectivity index is 1.85. The van der Waals surface area contributed by atoms with E-state index in [2.05, 4.69) is 19.5 Å². The summed E-state index contributed by atoms with van der Waals surface area (Å²) in [4.78, 5) is 22.1. The highest BCUT2D eigenvalue weighted by Crippen LogP contribution is 2.40. The van der Waals surface area contributed by atoms with E-state index in [1.54, 1.807) is 0 Å². The minimum Gasteiger partial charge on any atom is -0.753 e. The van der Waals surface area contributed by atoms with Gasteiger partial charge in [-0.2, -0.15) is 4.20 Å². The summed E-state index contributed by atoms with van der Waals surface area (Å²) in [7, 11) is -5.47. The van der Waals surface area contributed by atoms with E-state index in [4.69, 9.17) is 10.5 Å². The van der Waals surface area contributed by atoms with Crippen molar-refractivity contribution in [2.24, 2.45) is 0 Å². The predicted octanol–water partition coefficient (Wildman–Crippen LogP) is -1.52. The van der Waals surface area contributed by atoms with Crippen molar-refractivity contribution in [3.05, 3.63) is 12.7 Å². The molecule has 126 valence electrons. The van der Waals surface area contributed by atoms with Gasteiger partial charge in [-0.1, -0.05) is 0 Å². The van der Waals surface area contributed by atoms with Crippen LogP contribution in [-0.4, -0.2) is 54.7 Å². The molecule has 2 aromatic heterocycles. The number of aromatic nitrogens is 4. The van der Waals surface area contributed by atoms with Gasteiger partial charge in [0, 0.05) is 0 Å². The maximum atomic E-state index is 12.4. The molecule has 0 saturated carbocycles. The van der Waals surface area contributed by atoms with Gasteiger partial charge in [0.1, 0.15) is 30.2 Å². The third-order valence-corrected chi connectivity index (χ3v) is 3.85. The number of nitrogens with zero attached hydrogens (tertiary/aromatic N) is 4. The second-order valence-corrected chi connectivity index (χ2v) is 5.98. The summed E-state index contributed by atoms with van der Waals surface area (Å²) >= 11 is 0. The SMILES string of the molecule is Nc1ncnc2c1ncn2[C@@H]1O[C@H](COP(=O)([O-])F)[C@@H](O)[C@H]1O. The van der Waals surface area contributed by atoms with E-state index in [1.165, 1.54) is 17.2 Å². The highest BCUT2D eigenvalue weighted by Gasteiger charge is 2.44. The van der Waals surface area contributed by atoms with Gasteiger partial charge < -0.3 is 30.1 Å². The van der Waals surface area contributed by atoms with E-state index in [-0.39, 0.29) is 17.0 Å². The molecule has 1 fully saturated rings. The fraction of sp³-hybridized carbons (Fsp3) is 0.500. The number of aliphatic hydroxyl groups excluding tert-OH is 2. The number of halogens is 1. The quantitative estimate of drug-likeness (QED) is 0.552. The number of hydrogen-bond acceptors (Lipinski definition) is 10. The topological polar surface area (TPSA) is 169 Å². The third kappa shape index (κ3) is 3.04. The molecule has 1 aliphatic rings. The van der Waals surface area contributed by atoms with Crippen LogP contribution in [0.1, 0.15) is 6.23 Å². The van der Waals surface area contributed by atoms with Crippen LogP contribution in [0.15, 0.2) is 12.7 Å². The standard InChI is InChI=1S/C10H13FN5O6P/c11-23(19,20)21-1-4-6(17)7(18)10(22-4)16-3-15-5-8(12)13-2-14-9(5)16/h2-4,6-7,10,17-18H,1H2,(H,19,20)(H2,12,13,14)/p-1/t4-,6-,7-,10-/m1/s1. The summed E-state index contributed by atoms with van der Waals surface area (Å²) < 4.78 is 33.4. The first-order chi connectivity index (χ1) is 10.8. The first-order valence-electron chi connectivity index (χ1n) is 6.38. The lowest BCUT2D eigenvalue weighted by molar-refractivity contribution is -0.214. The molecule has 0 radical (unpaired) electrons. The Morgan fingerprint density at radius 1 is 1.43 bits per heavy atom. The Labute approximate surface area is 128 Å². The normalized spacial score (nSPS) is 30.6. The lowest BCUT2D eigenvalue weighted by Crippen LogP contribution is -2.33. The Morgan fingerprint density at radius 3 is 2.87 bits per heavy atom. The van der Waals surface area contributed by atoms with Crippen LogP contribution < -0.4 is 10.6 Å². The fourth-order valence-electron chi connectivity index (χ4n) is 2.32. The second-order valence-electron chi connectivity index (χ2n) is 4.86. The zero-order chi connectivity index (χ0) is 16.8. The molecule has 0 aromatic carbocycles. The number of anilines is 1. The summed E-state index contributed by atoms with van der Waals surface area (Å²) in [5, 5.41) is 20.0. The van der Waals surface area contributed by atoms with E-state index < -0.39 is 39.1 Å².